The molecule has 0 aromatic heterocycles. The fraction of sp³-hybridized carbons (Fsp3) is 0.300. The maximum Gasteiger partial charge on any atom is 0.409 e. The first-order chi connectivity index (χ1) is 6.63. The summed E-state index contributed by atoms with van der Waals surface area (Å²) in [6, 6.07) is 5.27. The molecule has 0 radical (unpaired) electrons. The fourth-order valence-corrected chi connectivity index (χ4v) is 1.31. The molecule has 0 bridgehead atoms. The van der Waals surface area contributed by atoms with Gasteiger partial charge in [0.1, 0.15) is 0 Å². The second-order valence-corrected chi connectivity index (χ2v) is 3.10. The summed E-state index contributed by atoms with van der Waals surface area (Å²) in [6.45, 7) is 2.04. The number of aryl methyl sites for hydroxylation is 1. The van der Waals surface area contributed by atoms with Gasteiger partial charge in [0.15, 0.2) is 0 Å². The van der Waals surface area contributed by atoms with Crippen molar-refractivity contribution in [3.63, 3.8) is 0 Å². The quantitative estimate of drug-likeness (QED) is 0.646. The molecule has 76 valence electrons. The minimum absolute atomic E-state index is 0.564. The third kappa shape index (κ3) is 2.65. The third-order valence-electron chi connectivity index (χ3n) is 1.89. The van der Waals surface area contributed by atoms with E-state index in [2.05, 4.69) is 5.32 Å². The van der Waals surface area contributed by atoms with E-state index in [0.717, 1.165) is 18.4 Å². The van der Waals surface area contributed by atoms with E-state index in [1.54, 1.807) is 12.1 Å². The molecule has 14 heavy (non-hydrogen) atoms. The van der Waals surface area contributed by atoms with E-state index in [4.69, 9.17) is 10.8 Å². The van der Waals surface area contributed by atoms with E-state index in [1.165, 1.54) is 0 Å². The highest BCUT2D eigenvalue weighted by molar-refractivity contribution is 5.85. The number of nitrogens with two attached hydrogens (primary N) is 1. The van der Waals surface area contributed by atoms with Crippen molar-refractivity contribution < 1.29 is 9.90 Å². The van der Waals surface area contributed by atoms with Crippen LogP contribution in [0.4, 0.5) is 16.2 Å². The maximum absolute atomic E-state index is 10.5. The molecule has 1 aromatic rings. The minimum atomic E-state index is -1.06. The van der Waals surface area contributed by atoms with Crippen LogP contribution >= 0.6 is 0 Å². The Bertz CT molecular complexity index is 337. The summed E-state index contributed by atoms with van der Waals surface area (Å²) in [5, 5.41) is 10.9. The van der Waals surface area contributed by atoms with Crippen LogP contribution in [0.5, 0.6) is 0 Å². The number of hydrogen-bond donors (Lipinski definition) is 3. The molecule has 0 heterocycles. The minimum Gasteiger partial charge on any atom is -0.465 e. The van der Waals surface area contributed by atoms with Gasteiger partial charge in [-0.3, -0.25) is 5.32 Å². The lowest BCUT2D eigenvalue weighted by Gasteiger charge is -2.08. The third-order valence-corrected chi connectivity index (χ3v) is 1.89. The van der Waals surface area contributed by atoms with Gasteiger partial charge in [0.25, 0.3) is 0 Å². The molecule has 0 aliphatic carbocycles. The lowest BCUT2D eigenvalue weighted by atomic mass is 10.1. The molecule has 0 atom stereocenters. The summed E-state index contributed by atoms with van der Waals surface area (Å²) >= 11 is 0. The second-order valence-electron chi connectivity index (χ2n) is 3.10. The zero-order valence-corrected chi connectivity index (χ0v) is 8.08. The Hall–Kier alpha value is -1.71. The largest absolute Gasteiger partial charge is 0.465 e. The van der Waals surface area contributed by atoms with Crippen molar-refractivity contribution >= 4 is 17.5 Å². The highest BCUT2D eigenvalue weighted by Gasteiger charge is 2.04. The molecule has 1 rings (SSSR count). The van der Waals surface area contributed by atoms with Crippen molar-refractivity contribution in [1.82, 2.24) is 0 Å². The van der Waals surface area contributed by atoms with Crippen LogP contribution in [-0.2, 0) is 6.42 Å². The van der Waals surface area contributed by atoms with Gasteiger partial charge in [0.05, 0.1) is 0 Å². The van der Waals surface area contributed by atoms with Gasteiger partial charge in [-0.2, -0.15) is 0 Å². The first-order valence-electron chi connectivity index (χ1n) is 4.52. The average molecular weight is 194 g/mol. The zero-order chi connectivity index (χ0) is 10.6. The second kappa shape index (κ2) is 4.50. The first-order valence-corrected chi connectivity index (χ1v) is 4.52. The number of nitrogens with one attached hydrogen (secondary N) is 1. The monoisotopic (exact) mass is 194 g/mol. The average Bonchev–Trinajstić information content (AvgIpc) is 2.09. The predicted octanol–water partition coefficient (Wildman–Crippen LogP) is 2.31. The standard InChI is InChI=1S/C10H14N2O2/c1-2-3-7-4-5-8(11)6-9(7)12-10(13)14/h4-6,12H,2-3,11H2,1H3,(H,13,14). The van der Waals surface area contributed by atoms with Crippen LogP contribution in [0.1, 0.15) is 18.9 Å². The van der Waals surface area contributed by atoms with E-state index >= 15 is 0 Å². The van der Waals surface area contributed by atoms with Gasteiger partial charge in [-0.15, -0.1) is 0 Å². The molecule has 0 saturated heterocycles. The van der Waals surface area contributed by atoms with Gasteiger partial charge in [0.2, 0.25) is 0 Å². The molecule has 4 heteroatoms. The number of anilines is 2. The van der Waals surface area contributed by atoms with Gasteiger partial charge >= 0.3 is 6.09 Å². The molecule has 0 saturated carbocycles. The Labute approximate surface area is 82.7 Å². The van der Waals surface area contributed by atoms with Crippen LogP contribution in [0.15, 0.2) is 18.2 Å². The molecule has 0 aliphatic rings. The molecular formula is C10H14N2O2. The Morgan fingerprint density at radius 1 is 1.57 bits per heavy atom. The van der Waals surface area contributed by atoms with Crippen molar-refractivity contribution in [3.8, 4) is 0 Å². The summed E-state index contributed by atoms with van der Waals surface area (Å²) in [7, 11) is 0. The molecule has 1 amide bonds. The Kier molecular flexibility index (Phi) is 3.34. The summed E-state index contributed by atoms with van der Waals surface area (Å²) in [5.41, 5.74) is 7.69. The molecular weight excluding hydrogens is 180 g/mol. The normalized spacial score (nSPS) is 9.79. The number of carboxylic acid groups (broad SMARTS) is 1. The predicted molar refractivity (Wildman–Crippen MR) is 56.5 cm³/mol. The van der Waals surface area contributed by atoms with Crippen molar-refractivity contribution in [3.05, 3.63) is 23.8 Å². The van der Waals surface area contributed by atoms with Gasteiger partial charge < -0.3 is 10.8 Å². The van der Waals surface area contributed by atoms with Crippen LogP contribution in [-0.4, -0.2) is 11.2 Å². The number of amides is 1. The lowest BCUT2D eigenvalue weighted by molar-refractivity contribution is 0.209. The molecule has 1 aromatic carbocycles. The van der Waals surface area contributed by atoms with Gasteiger partial charge in [-0.25, -0.2) is 4.79 Å². The topological polar surface area (TPSA) is 75.3 Å². The van der Waals surface area contributed by atoms with Gasteiger partial charge in [-0.1, -0.05) is 19.4 Å². The Balaban J connectivity index is 2.96. The highest BCUT2D eigenvalue weighted by atomic mass is 16.4. The van der Waals surface area contributed by atoms with Crippen LogP contribution < -0.4 is 11.1 Å². The van der Waals surface area contributed by atoms with E-state index in [-0.39, 0.29) is 0 Å². The van der Waals surface area contributed by atoms with Crippen molar-refractivity contribution in [2.24, 2.45) is 0 Å². The van der Waals surface area contributed by atoms with Gasteiger partial charge in [-0.05, 0) is 24.1 Å². The molecule has 0 spiro atoms. The molecule has 4 N–H and O–H groups in total. The zero-order valence-electron chi connectivity index (χ0n) is 8.08. The number of rotatable bonds is 3. The van der Waals surface area contributed by atoms with Crippen LogP contribution in [0.2, 0.25) is 0 Å². The van der Waals surface area contributed by atoms with Crippen molar-refractivity contribution in [2.45, 2.75) is 19.8 Å². The van der Waals surface area contributed by atoms with Crippen molar-refractivity contribution in [1.29, 1.82) is 0 Å². The van der Waals surface area contributed by atoms with E-state index in [0.29, 0.717) is 11.4 Å². The van der Waals surface area contributed by atoms with Crippen LogP contribution in [0, 0.1) is 0 Å². The fourth-order valence-electron chi connectivity index (χ4n) is 1.31. The van der Waals surface area contributed by atoms with E-state index in [9.17, 15) is 4.79 Å². The Morgan fingerprint density at radius 2 is 2.29 bits per heavy atom. The summed E-state index contributed by atoms with van der Waals surface area (Å²) < 4.78 is 0. The number of hydrogen-bond acceptors (Lipinski definition) is 2. The molecule has 4 nitrogen and oxygen atoms in total. The van der Waals surface area contributed by atoms with E-state index in [1.807, 2.05) is 13.0 Å². The van der Waals surface area contributed by atoms with Crippen LogP contribution in [0.25, 0.3) is 0 Å². The number of nitrogen functional groups attached to an aromatic ring is 1. The van der Waals surface area contributed by atoms with E-state index < -0.39 is 6.09 Å². The molecule has 0 unspecified atom stereocenters. The summed E-state index contributed by atoms with van der Waals surface area (Å²) in [5.74, 6) is 0. The Morgan fingerprint density at radius 3 is 2.86 bits per heavy atom. The van der Waals surface area contributed by atoms with Crippen molar-refractivity contribution in [2.75, 3.05) is 11.1 Å². The smallest absolute Gasteiger partial charge is 0.409 e. The molecule has 0 fully saturated rings. The number of carbonyl (C=O) groups is 1. The SMILES string of the molecule is CCCc1ccc(N)cc1NC(=O)O. The lowest BCUT2D eigenvalue weighted by Crippen LogP contribution is -2.09. The highest BCUT2D eigenvalue weighted by Crippen LogP contribution is 2.20. The van der Waals surface area contributed by atoms with Crippen LogP contribution in [0.3, 0.4) is 0 Å². The maximum atomic E-state index is 10.5. The first kappa shape index (κ1) is 10.4. The summed E-state index contributed by atoms with van der Waals surface area (Å²) in [4.78, 5) is 10.5. The summed E-state index contributed by atoms with van der Waals surface area (Å²) in [6.07, 6.45) is 0.752. The number of benzene rings is 1. The van der Waals surface area contributed by atoms with Gasteiger partial charge in [0, 0.05) is 11.4 Å². The molecule has 0 aliphatic heterocycles.